The summed E-state index contributed by atoms with van der Waals surface area (Å²) >= 11 is 1.14. The molecule has 1 amide bonds. The van der Waals surface area contributed by atoms with Gasteiger partial charge in [-0.1, -0.05) is 66.7 Å². The van der Waals surface area contributed by atoms with E-state index in [-0.39, 0.29) is 18.5 Å². The number of rotatable bonds is 6. The minimum atomic E-state index is -0.118. The van der Waals surface area contributed by atoms with Crippen LogP contribution in [0.3, 0.4) is 0 Å². The van der Waals surface area contributed by atoms with Crippen LogP contribution >= 0.6 is 11.7 Å². The van der Waals surface area contributed by atoms with Crippen LogP contribution in [0.25, 0.3) is 11.0 Å². The number of hydrogen-bond acceptors (Lipinski definition) is 5. The van der Waals surface area contributed by atoms with E-state index >= 15 is 0 Å². The molecule has 0 unspecified atom stereocenters. The van der Waals surface area contributed by atoms with Crippen molar-refractivity contribution in [2.24, 2.45) is 0 Å². The molecule has 0 atom stereocenters. The largest absolute Gasteiger partial charge is 0.323 e. The third kappa shape index (κ3) is 4.02. The molecule has 4 rings (SSSR count). The van der Waals surface area contributed by atoms with E-state index in [1.54, 1.807) is 0 Å². The van der Waals surface area contributed by atoms with Gasteiger partial charge >= 0.3 is 0 Å². The number of nitrogens with zero attached hydrogens (tertiary/aromatic N) is 2. The molecular formula is C21H18N4OS. The van der Waals surface area contributed by atoms with Gasteiger partial charge in [-0.15, -0.1) is 0 Å². The second kappa shape index (κ2) is 8.07. The van der Waals surface area contributed by atoms with Gasteiger partial charge in [-0.3, -0.25) is 10.1 Å². The van der Waals surface area contributed by atoms with Crippen LogP contribution in [0.1, 0.15) is 17.2 Å². The lowest BCUT2D eigenvalue weighted by Crippen LogP contribution is -2.32. The number of carbonyl (C=O) groups is 1. The number of hydrogen-bond donors (Lipinski definition) is 2. The Morgan fingerprint density at radius 3 is 2.19 bits per heavy atom. The highest BCUT2D eigenvalue weighted by atomic mass is 32.1. The zero-order chi connectivity index (χ0) is 18.5. The fourth-order valence-corrected chi connectivity index (χ4v) is 3.56. The molecule has 0 spiro atoms. The third-order valence-electron chi connectivity index (χ3n) is 4.29. The topological polar surface area (TPSA) is 66.9 Å². The van der Waals surface area contributed by atoms with E-state index in [4.69, 9.17) is 0 Å². The number of anilines is 1. The lowest BCUT2D eigenvalue weighted by Gasteiger charge is -2.19. The van der Waals surface area contributed by atoms with Crippen LogP contribution in [-0.2, 0) is 4.79 Å². The highest BCUT2D eigenvalue weighted by Crippen LogP contribution is 2.23. The van der Waals surface area contributed by atoms with Crippen LogP contribution in [0.15, 0.2) is 78.9 Å². The van der Waals surface area contributed by atoms with Crippen molar-refractivity contribution in [2.75, 3.05) is 11.9 Å². The van der Waals surface area contributed by atoms with Crippen molar-refractivity contribution in [1.29, 1.82) is 0 Å². The predicted octanol–water partition coefficient (Wildman–Crippen LogP) is 4.01. The number of amides is 1. The lowest BCUT2D eigenvalue weighted by atomic mass is 9.99. The van der Waals surface area contributed by atoms with Gasteiger partial charge in [-0.2, -0.15) is 8.75 Å². The SMILES string of the molecule is O=C(CNC(c1ccccc1)c1ccccc1)Nc1cccc2nsnc12. The van der Waals surface area contributed by atoms with E-state index in [1.807, 2.05) is 54.6 Å². The number of carbonyl (C=O) groups excluding carboxylic acids is 1. The minimum absolute atomic E-state index is 0.0603. The first kappa shape index (κ1) is 17.3. The maximum atomic E-state index is 12.5. The van der Waals surface area contributed by atoms with Crippen molar-refractivity contribution < 1.29 is 4.79 Å². The van der Waals surface area contributed by atoms with Gasteiger partial charge in [0.15, 0.2) is 0 Å². The molecule has 0 saturated heterocycles. The second-order valence-electron chi connectivity index (χ2n) is 6.12. The molecule has 0 aliphatic rings. The summed E-state index contributed by atoms with van der Waals surface area (Å²) in [4.78, 5) is 12.5. The molecule has 5 nitrogen and oxygen atoms in total. The number of nitrogens with one attached hydrogen (secondary N) is 2. The third-order valence-corrected chi connectivity index (χ3v) is 4.84. The van der Waals surface area contributed by atoms with Crippen LogP contribution < -0.4 is 10.6 Å². The van der Waals surface area contributed by atoms with E-state index < -0.39 is 0 Å². The van der Waals surface area contributed by atoms with Crippen LogP contribution in [0.5, 0.6) is 0 Å². The summed E-state index contributed by atoms with van der Waals surface area (Å²) in [6.07, 6.45) is 0. The van der Waals surface area contributed by atoms with E-state index in [0.717, 1.165) is 33.9 Å². The molecule has 1 aromatic heterocycles. The molecule has 134 valence electrons. The summed E-state index contributed by atoms with van der Waals surface area (Å²) in [6, 6.07) is 25.8. The molecule has 1 heterocycles. The Labute approximate surface area is 161 Å². The highest BCUT2D eigenvalue weighted by Gasteiger charge is 2.15. The summed E-state index contributed by atoms with van der Waals surface area (Å²) in [5.41, 5.74) is 4.42. The molecule has 0 saturated carbocycles. The molecule has 2 N–H and O–H groups in total. The summed E-state index contributed by atoms with van der Waals surface area (Å²) in [5.74, 6) is -0.118. The average molecular weight is 374 g/mol. The van der Waals surface area contributed by atoms with Crippen molar-refractivity contribution in [1.82, 2.24) is 14.1 Å². The molecule has 0 fully saturated rings. The van der Waals surface area contributed by atoms with E-state index in [1.165, 1.54) is 0 Å². The Morgan fingerprint density at radius 2 is 1.52 bits per heavy atom. The molecular weight excluding hydrogens is 356 g/mol. The predicted molar refractivity (Wildman–Crippen MR) is 109 cm³/mol. The van der Waals surface area contributed by atoms with Gasteiger partial charge in [-0.25, -0.2) is 0 Å². The monoisotopic (exact) mass is 374 g/mol. The molecule has 0 aliphatic carbocycles. The summed E-state index contributed by atoms with van der Waals surface area (Å²) in [7, 11) is 0. The van der Waals surface area contributed by atoms with Gasteiger partial charge < -0.3 is 5.32 Å². The Bertz CT molecular complexity index is 994. The van der Waals surface area contributed by atoms with Gasteiger partial charge in [0.25, 0.3) is 0 Å². The van der Waals surface area contributed by atoms with Gasteiger partial charge in [0.2, 0.25) is 5.91 Å². The summed E-state index contributed by atoms with van der Waals surface area (Å²) < 4.78 is 8.46. The second-order valence-corrected chi connectivity index (χ2v) is 6.65. The van der Waals surface area contributed by atoms with Gasteiger partial charge in [0.05, 0.1) is 30.0 Å². The van der Waals surface area contributed by atoms with E-state index in [2.05, 4.69) is 43.6 Å². The Hall–Kier alpha value is -3.09. The molecule has 0 radical (unpaired) electrons. The number of fused-ring (bicyclic) bond motifs is 1. The van der Waals surface area contributed by atoms with Crippen molar-refractivity contribution >= 4 is 34.4 Å². The quantitative estimate of drug-likeness (QED) is 0.535. The Morgan fingerprint density at radius 1 is 0.852 bits per heavy atom. The van der Waals surface area contributed by atoms with Crippen molar-refractivity contribution in [3.63, 3.8) is 0 Å². The minimum Gasteiger partial charge on any atom is -0.323 e. The van der Waals surface area contributed by atoms with E-state index in [9.17, 15) is 4.79 Å². The van der Waals surface area contributed by atoms with E-state index in [0.29, 0.717) is 5.69 Å². The first-order chi connectivity index (χ1) is 13.3. The first-order valence-electron chi connectivity index (χ1n) is 8.66. The standard InChI is InChI=1S/C21H18N4OS/c26-19(23-17-12-7-13-18-21(17)25-27-24-18)14-22-20(15-8-3-1-4-9-15)16-10-5-2-6-11-16/h1-13,20,22H,14H2,(H,23,26). The Balaban J connectivity index is 1.49. The molecule has 0 bridgehead atoms. The van der Waals surface area contributed by atoms with Crippen LogP contribution in [0.4, 0.5) is 5.69 Å². The number of aromatic nitrogens is 2. The average Bonchev–Trinajstić information content (AvgIpc) is 3.20. The Kier molecular flexibility index (Phi) is 5.18. The zero-order valence-electron chi connectivity index (χ0n) is 14.5. The van der Waals surface area contributed by atoms with Crippen molar-refractivity contribution in [3.8, 4) is 0 Å². The molecule has 0 aliphatic heterocycles. The zero-order valence-corrected chi connectivity index (χ0v) is 15.3. The maximum absolute atomic E-state index is 12.5. The van der Waals surface area contributed by atoms with Crippen LogP contribution in [0.2, 0.25) is 0 Å². The molecule has 4 aromatic rings. The highest BCUT2D eigenvalue weighted by molar-refractivity contribution is 7.00. The van der Waals surface area contributed by atoms with Crippen molar-refractivity contribution in [3.05, 3.63) is 90.0 Å². The summed E-state index contributed by atoms with van der Waals surface area (Å²) in [6.45, 7) is 0.183. The lowest BCUT2D eigenvalue weighted by molar-refractivity contribution is -0.115. The first-order valence-corrected chi connectivity index (χ1v) is 9.39. The van der Waals surface area contributed by atoms with Crippen LogP contribution in [-0.4, -0.2) is 21.2 Å². The maximum Gasteiger partial charge on any atom is 0.238 e. The summed E-state index contributed by atoms with van der Waals surface area (Å²) in [5, 5.41) is 6.30. The molecule has 3 aromatic carbocycles. The normalized spacial score (nSPS) is 11.0. The van der Waals surface area contributed by atoms with Crippen LogP contribution in [0, 0.1) is 0 Å². The molecule has 27 heavy (non-hydrogen) atoms. The van der Waals surface area contributed by atoms with Gasteiger partial charge in [-0.05, 0) is 23.3 Å². The van der Waals surface area contributed by atoms with Gasteiger partial charge in [0, 0.05) is 0 Å². The van der Waals surface area contributed by atoms with Gasteiger partial charge in [0.1, 0.15) is 11.0 Å². The van der Waals surface area contributed by atoms with Crippen molar-refractivity contribution in [2.45, 2.75) is 6.04 Å². The molecule has 6 heteroatoms. The smallest absolute Gasteiger partial charge is 0.238 e. The fraction of sp³-hybridized carbons (Fsp3) is 0.0952. The fourth-order valence-electron chi connectivity index (χ4n) is 3.02. The number of benzene rings is 3.